The average Bonchev–Trinajstić information content (AvgIpc) is 3.62. The zero-order chi connectivity index (χ0) is 40.4. The largest absolute Gasteiger partial charge is 0.494 e. The van der Waals surface area contributed by atoms with Crippen LogP contribution in [0.4, 0.5) is 0 Å². The maximum absolute atomic E-state index is 13.1. The molecule has 13 nitrogen and oxygen atoms in total. The average molecular weight is 797 g/mol. The van der Waals surface area contributed by atoms with Crippen molar-refractivity contribution in [3.8, 4) is 22.8 Å². The maximum atomic E-state index is 13.1. The van der Waals surface area contributed by atoms with Crippen LogP contribution in [0.15, 0.2) is 73.2 Å². The summed E-state index contributed by atoms with van der Waals surface area (Å²) in [7, 11) is 4.37. The van der Waals surface area contributed by atoms with E-state index in [9.17, 15) is 19.2 Å². The van der Waals surface area contributed by atoms with Crippen LogP contribution in [0.3, 0.4) is 0 Å². The third-order valence-corrected chi connectivity index (χ3v) is 13.6. The van der Waals surface area contributed by atoms with Gasteiger partial charge in [0.05, 0.1) is 29.4 Å². The van der Waals surface area contributed by atoms with Gasteiger partial charge in [-0.15, -0.1) is 0 Å². The van der Waals surface area contributed by atoms with Gasteiger partial charge in [0.25, 0.3) is 11.8 Å². The van der Waals surface area contributed by atoms with E-state index < -0.39 is 29.7 Å². The molecule has 1 unspecified atom stereocenters. The van der Waals surface area contributed by atoms with E-state index in [-0.39, 0.29) is 30.1 Å². The number of piperidine rings is 1. The quantitative estimate of drug-likeness (QED) is 0.108. The summed E-state index contributed by atoms with van der Waals surface area (Å²) >= 11 is 0. The molecule has 59 heavy (non-hydrogen) atoms. The van der Waals surface area contributed by atoms with Crippen molar-refractivity contribution >= 4 is 45.4 Å². The molecule has 304 valence electrons. The highest BCUT2D eigenvalue weighted by Gasteiger charge is 2.55. The number of aryl methyl sites for hydroxylation is 1. The molecule has 1 spiro atoms. The van der Waals surface area contributed by atoms with Crippen LogP contribution in [0.25, 0.3) is 32.9 Å². The smallest absolute Gasteiger partial charge is 0.262 e. The minimum Gasteiger partial charge on any atom is -0.494 e. The van der Waals surface area contributed by atoms with Gasteiger partial charge in [-0.1, -0.05) is 12.1 Å². The molecule has 1 atom stereocenters. The monoisotopic (exact) mass is 796 g/mol. The topological polar surface area (TPSA) is 145 Å². The van der Waals surface area contributed by atoms with Gasteiger partial charge in [0.15, 0.2) is 0 Å². The summed E-state index contributed by atoms with van der Waals surface area (Å²) in [6.45, 7) is 1.15. The number of aromatic nitrogens is 3. The fourth-order valence-corrected chi connectivity index (χ4v) is 10.1. The number of nitrogens with one attached hydrogen (secondary N) is 1. The summed E-state index contributed by atoms with van der Waals surface area (Å²) in [5.74, 6) is -0.897. The van der Waals surface area contributed by atoms with Crippen molar-refractivity contribution in [3.05, 3.63) is 84.3 Å². The first-order chi connectivity index (χ1) is 28.6. The number of carbonyl (C=O) groups excluding carboxylic acids is 4. The predicted octanol–water partition coefficient (Wildman–Crippen LogP) is 6.22. The fraction of sp³-hybridized carbons (Fsp3) is 0.435. The van der Waals surface area contributed by atoms with Crippen molar-refractivity contribution in [2.75, 3.05) is 20.3 Å². The van der Waals surface area contributed by atoms with Gasteiger partial charge in [-0.2, -0.15) is 0 Å². The van der Waals surface area contributed by atoms with Crippen LogP contribution in [0.2, 0.25) is 0 Å². The first-order valence-electron chi connectivity index (χ1n) is 20.9. The Bertz CT molecular complexity index is 2480. The summed E-state index contributed by atoms with van der Waals surface area (Å²) in [6, 6.07) is 17.7. The van der Waals surface area contributed by atoms with Gasteiger partial charge >= 0.3 is 0 Å². The Labute approximate surface area is 342 Å². The van der Waals surface area contributed by atoms with E-state index in [2.05, 4.69) is 69.2 Å². The van der Waals surface area contributed by atoms with Crippen LogP contribution in [-0.4, -0.2) is 98.6 Å². The maximum Gasteiger partial charge on any atom is 0.262 e. The lowest BCUT2D eigenvalue weighted by Crippen LogP contribution is -2.61. The normalized spacial score (nSPS) is 26.2. The molecule has 1 N–H and O–H groups in total. The summed E-state index contributed by atoms with van der Waals surface area (Å²) in [4.78, 5) is 62.4. The standard InChI is InChI=1S/C46H48N6O7/c1-50(29-18-32(19-29)59-42-12-6-28(25-48-42)27-5-8-34-37-26-47-14-13-38(37)51(2)40(34)17-27)30-21-46(22-30)23-33(24-46)58-16-4-3-15-57-31-7-9-35-36(20-31)45(56)52(44(35)55)39-10-11-41(53)49-43(39)54/h5-9,12-14,17,20,25-26,29-30,32-33,39H,3-4,10-11,15-16,18-19,21-24H2,1-2H3,(H,49,53,54). The third-order valence-electron chi connectivity index (χ3n) is 13.6. The molecule has 3 aliphatic carbocycles. The lowest BCUT2D eigenvalue weighted by molar-refractivity contribution is -0.154. The number of imide groups is 2. The van der Waals surface area contributed by atoms with Crippen molar-refractivity contribution in [1.29, 1.82) is 0 Å². The lowest BCUT2D eigenvalue weighted by Gasteiger charge is -2.61. The Morgan fingerprint density at radius 1 is 0.814 bits per heavy atom. The number of carbonyl (C=O) groups is 4. The Morgan fingerprint density at radius 2 is 1.61 bits per heavy atom. The number of benzene rings is 2. The second kappa shape index (κ2) is 14.9. The molecule has 2 aliphatic heterocycles. The number of rotatable bonds is 13. The molecule has 0 radical (unpaired) electrons. The number of ether oxygens (including phenoxy) is 3. The lowest BCUT2D eigenvalue weighted by atomic mass is 9.52. The number of hydrogen-bond acceptors (Lipinski definition) is 10. The van der Waals surface area contributed by atoms with Gasteiger partial charge in [-0.05, 0) is 99.4 Å². The number of amides is 4. The van der Waals surface area contributed by atoms with Gasteiger partial charge in [0, 0.05) is 91.5 Å². The molecular weight excluding hydrogens is 749 g/mol. The van der Waals surface area contributed by atoms with Crippen LogP contribution in [0, 0.1) is 5.41 Å². The third kappa shape index (κ3) is 6.83. The van der Waals surface area contributed by atoms with Crippen LogP contribution in [-0.2, 0) is 21.4 Å². The predicted molar refractivity (Wildman–Crippen MR) is 219 cm³/mol. The number of nitrogens with zero attached hydrogens (tertiary/aromatic N) is 5. The van der Waals surface area contributed by atoms with Crippen molar-refractivity contribution in [1.82, 2.24) is 29.7 Å². The molecule has 13 heteroatoms. The molecule has 5 aromatic rings. The highest BCUT2D eigenvalue weighted by atomic mass is 16.5. The van der Waals surface area contributed by atoms with Crippen LogP contribution in [0.1, 0.15) is 84.9 Å². The molecule has 10 rings (SSSR count). The van der Waals surface area contributed by atoms with Crippen molar-refractivity contribution in [3.63, 3.8) is 0 Å². The highest BCUT2D eigenvalue weighted by molar-refractivity contribution is 6.23. The van der Waals surface area contributed by atoms with Crippen LogP contribution < -0.4 is 14.8 Å². The number of unbranched alkanes of at least 4 members (excludes halogenated alkanes) is 1. The second-order valence-electron chi connectivity index (χ2n) is 17.3. The molecule has 3 saturated carbocycles. The van der Waals surface area contributed by atoms with Crippen molar-refractivity contribution < 1.29 is 33.4 Å². The summed E-state index contributed by atoms with van der Waals surface area (Å²) < 4.78 is 20.6. The summed E-state index contributed by atoms with van der Waals surface area (Å²) in [5.41, 5.74) is 5.45. The zero-order valence-corrected chi connectivity index (χ0v) is 33.4. The Kier molecular flexibility index (Phi) is 9.47. The van der Waals surface area contributed by atoms with E-state index in [1.54, 1.807) is 18.2 Å². The second-order valence-corrected chi connectivity index (χ2v) is 17.3. The molecule has 3 aromatic heterocycles. The first kappa shape index (κ1) is 37.6. The van der Waals surface area contributed by atoms with Crippen molar-refractivity contribution in [2.24, 2.45) is 12.5 Å². The SMILES string of the molecule is CN(C1CC(Oc2ccc(-c3ccc4c5cnccc5n(C)c4c3)cn2)C1)C1CC2(CC(OCCCCOc3ccc4c(c3)C(=O)N(C3CCC(=O)NC3=O)C4=O)C2)C1. The molecule has 4 fully saturated rings. The number of pyridine rings is 2. The van der Waals surface area contributed by atoms with E-state index in [1.807, 2.05) is 24.7 Å². The van der Waals surface area contributed by atoms with Gasteiger partial charge < -0.3 is 23.7 Å². The molecule has 5 aliphatic rings. The first-order valence-corrected chi connectivity index (χ1v) is 20.9. The Hall–Kier alpha value is -5.66. The van der Waals surface area contributed by atoms with E-state index in [0.717, 1.165) is 59.9 Å². The molecule has 1 saturated heterocycles. The van der Waals surface area contributed by atoms with E-state index in [1.165, 1.54) is 29.3 Å². The summed E-state index contributed by atoms with van der Waals surface area (Å²) in [5, 5.41) is 4.58. The van der Waals surface area contributed by atoms with Gasteiger partial charge in [-0.3, -0.25) is 34.4 Å². The zero-order valence-electron chi connectivity index (χ0n) is 33.4. The van der Waals surface area contributed by atoms with Gasteiger partial charge in [0.1, 0.15) is 17.9 Å². The number of hydrogen-bond donors (Lipinski definition) is 1. The Balaban J connectivity index is 0.608. The Morgan fingerprint density at radius 3 is 2.41 bits per heavy atom. The molecule has 2 aromatic carbocycles. The summed E-state index contributed by atoms with van der Waals surface area (Å²) in [6.07, 6.45) is 14.9. The minimum atomic E-state index is -0.984. The van der Waals surface area contributed by atoms with Crippen molar-refractivity contribution in [2.45, 2.75) is 94.5 Å². The minimum absolute atomic E-state index is 0.0853. The fourth-order valence-electron chi connectivity index (χ4n) is 10.1. The van der Waals surface area contributed by atoms with Gasteiger partial charge in [-0.25, -0.2) is 4.98 Å². The van der Waals surface area contributed by atoms with E-state index >= 15 is 0 Å². The van der Waals surface area contributed by atoms with E-state index in [0.29, 0.717) is 48.4 Å². The number of fused-ring (bicyclic) bond motifs is 4. The van der Waals surface area contributed by atoms with Crippen LogP contribution in [0.5, 0.6) is 11.6 Å². The van der Waals surface area contributed by atoms with Crippen LogP contribution >= 0.6 is 0 Å². The molecule has 4 amide bonds. The highest BCUT2D eigenvalue weighted by Crippen LogP contribution is 2.58. The molecule has 0 bridgehead atoms. The molecule has 5 heterocycles. The van der Waals surface area contributed by atoms with E-state index in [4.69, 9.17) is 14.2 Å². The molecular formula is C46H48N6O7. The van der Waals surface area contributed by atoms with Gasteiger partial charge in [0.2, 0.25) is 17.7 Å².